The number of ether oxygens (including phenoxy) is 1. The van der Waals surface area contributed by atoms with Gasteiger partial charge in [0.2, 0.25) is 0 Å². The maximum Gasteiger partial charge on any atom is 0.410 e. The van der Waals surface area contributed by atoms with Crippen LogP contribution in [-0.4, -0.2) is 82.6 Å². The summed E-state index contributed by atoms with van der Waals surface area (Å²) in [4.78, 5) is 49.1. The van der Waals surface area contributed by atoms with Crippen molar-refractivity contribution in [1.29, 1.82) is 0 Å². The zero-order chi connectivity index (χ0) is 22.8. The van der Waals surface area contributed by atoms with Crippen LogP contribution in [0, 0.1) is 0 Å². The maximum absolute atomic E-state index is 12.0. The number of aliphatic imine (C=N–C) groups is 1. The zero-order valence-electron chi connectivity index (χ0n) is 17.1. The van der Waals surface area contributed by atoms with E-state index in [4.69, 9.17) is 9.84 Å². The van der Waals surface area contributed by atoms with Gasteiger partial charge in [0.05, 0.1) is 24.4 Å². The highest BCUT2D eigenvalue weighted by atomic mass is 32.2. The molecule has 2 aliphatic heterocycles. The molecule has 168 valence electrons. The van der Waals surface area contributed by atoms with E-state index in [-0.39, 0.29) is 29.6 Å². The molecule has 0 fully saturated rings. The van der Waals surface area contributed by atoms with E-state index in [9.17, 15) is 19.5 Å². The Morgan fingerprint density at radius 3 is 2.81 bits per heavy atom. The Bertz CT molecular complexity index is 1160. The number of thioether (sulfide) groups is 1. The van der Waals surface area contributed by atoms with Crippen LogP contribution in [0.25, 0.3) is 5.78 Å². The molecule has 0 aromatic carbocycles. The lowest BCUT2D eigenvalue weighted by Gasteiger charge is -2.27. The summed E-state index contributed by atoms with van der Waals surface area (Å²) in [6.07, 6.45) is 3.10. The van der Waals surface area contributed by atoms with Crippen LogP contribution >= 0.6 is 11.8 Å². The van der Waals surface area contributed by atoms with Crippen LogP contribution in [0.3, 0.4) is 0 Å². The summed E-state index contributed by atoms with van der Waals surface area (Å²) < 4.78 is 6.69. The van der Waals surface area contributed by atoms with Crippen molar-refractivity contribution in [3.05, 3.63) is 35.1 Å². The summed E-state index contributed by atoms with van der Waals surface area (Å²) in [5.41, 5.74) is 1.60. The molecule has 2 aliphatic rings. The predicted octanol–water partition coefficient (Wildman–Crippen LogP) is 0.791. The number of aromatic nitrogens is 4. The lowest BCUT2D eigenvalue weighted by atomic mass is 10.1. The van der Waals surface area contributed by atoms with Crippen LogP contribution in [0.1, 0.15) is 24.0 Å². The third-order valence-corrected chi connectivity index (χ3v) is 6.35. The van der Waals surface area contributed by atoms with Crippen LogP contribution in [0.2, 0.25) is 0 Å². The molecule has 0 spiro atoms. The molecule has 12 nitrogen and oxygen atoms in total. The molecule has 13 heteroatoms. The van der Waals surface area contributed by atoms with Gasteiger partial charge in [0, 0.05) is 48.3 Å². The van der Waals surface area contributed by atoms with Crippen molar-refractivity contribution in [1.82, 2.24) is 24.5 Å². The van der Waals surface area contributed by atoms with Gasteiger partial charge in [-0.25, -0.2) is 23.9 Å². The van der Waals surface area contributed by atoms with Crippen molar-refractivity contribution in [3.63, 3.8) is 0 Å². The van der Waals surface area contributed by atoms with E-state index in [1.807, 2.05) is 0 Å². The minimum Gasteiger partial charge on any atom is -0.478 e. The second kappa shape index (κ2) is 8.94. The Balaban J connectivity index is 1.57. The second-order valence-corrected chi connectivity index (χ2v) is 8.31. The van der Waals surface area contributed by atoms with Gasteiger partial charge in [-0.15, -0.1) is 16.9 Å². The second-order valence-electron chi connectivity index (χ2n) is 7.11. The van der Waals surface area contributed by atoms with Gasteiger partial charge in [-0.2, -0.15) is 4.98 Å². The molecule has 1 amide bonds. The number of hydrogen-bond acceptors (Lipinski definition) is 9. The molecule has 4 rings (SSSR count). The Hall–Kier alpha value is -3.48. The van der Waals surface area contributed by atoms with E-state index < -0.39 is 17.2 Å². The molecule has 1 unspecified atom stereocenters. The standard InChI is InChI=1S/C19H20N6O6S/c1-2-31-19(30)24-4-3-13-10(8-24)6-21-18-22-15(23-25(13)18)5-14-11(16(26)27)7-20-12(9-32-14)17(28)29/h6-7,14H,2-5,8-9H2,1H3,(H,26,27)(H,28,29). The first kappa shape index (κ1) is 21.7. The highest BCUT2D eigenvalue weighted by molar-refractivity contribution is 8.00. The summed E-state index contributed by atoms with van der Waals surface area (Å²) in [6.45, 7) is 2.88. The number of rotatable bonds is 5. The van der Waals surface area contributed by atoms with Crippen LogP contribution in [-0.2, 0) is 33.7 Å². The summed E-state index contributed by atoms with van der Waals surface area (Å²) >= 11 is 1.17. The molecule has 1 atom stereocenters. The maximum atomic E-state index is 12.0. The van der Waals surface area contributed by atoms with Crippen LogP contribution < -0.4 is 0 Å². The Kier molecular flexibility index (Phi) is 6.08. The number of carbonyl (C=O) groups is 3. The van der Waals surface area contributed by atoms with Crippen LogP contribution in [0.15, 0.2) is 23.0 Å². The first-order valence-corrected chi connectivity index (χ1v) is 10.9. The number of nitrogens with zero attached hydrogens (tertiary/aromatic N) is 6. The Morgan fingerprint density at radius 1 is 1.28 bits per heavy atom. The van der Waals surface area contributed by atoms with Crippen LogP contribution in [0.5, 0.6) is 0 Å². The average Bonchev–Trinajstić information content (AvgIpc) is 3.05. The van der Waals surface area contributed by atoms with Crippen molar-refractivity contribution in [2.24, 2.45) is 4.99 Å². The molecule has 0 radical (unpaired) electrons. The van der Waals surface area contributed by atoms with Crippen molar-refractivity contribution in [2.75, 3.05) is 18.9 Å². The lowest BCUT2D eigenvalue weighted by molar-refractivity contribution is -0.133. The third-order valence-electron chi connectivity index (χ3n) is 5.09. The minimum absolute atomic E-state index is 0.00910. The number of aliphatic carboxylic acids is 2. The van der Waals surface area contributed by atoms with E-state index in [1.165, 1.54) is 11.8 Å². The Morgan fingerprint density at radius 2 is 2.09 bits per heavy atom. The summed E-state index contributed by atoms with van der Waals surface area (Å²) in [5, 5.41) is 22.7. The highest BCUT2D eigenvalue weighted by Crippen LogP contribution is 2.27. The van der Waals surface area contributed by atoms with Crippen molar-refractivity contribution < 1.29 is 29.3 Å². The van der Waals surface area contributed by atoms with Gasteiger partial charge >= 0.3 is 18.0 Å². The fourth-order valence-electron chi connectivity index (χ4n) is 3.52. The quantitative estimate of drug-likeness (QED) is 0.653. The van der Waals surface area contributed by atoms with E-state index in [0.717, 1.165) is 17.5 Å². The fraction of sp³-hybridized carbons (Fsp3) is 0.421. The SMILES string of the molecule is CCOC(=O)N1CCc2c(cnc3nc(CC4SCC(C(=O)O)=NC=C4C(=O)O)nn23)C1. The average molecular weight is 460 g/mol. The summed E-state index contributed by atoms with van der Waals surface area (Å²) in [6, 6.07) is 0. The molecule has 2 N–H and O–H groups in total. The van der Waals surface area contributed by atoms with Gasteiger partial charge in [0.25, 0.3) is 5.78 Å². The number of carboxylic acids is 2. The smallest absolute Gasteiger partial charge is 0.410 e. The van der Waals surface area contributed by atoms with Crippen molar-refractivity contribution in [3.8, 4) is 0 Å². The fourth-order valence-corrected chi connectivity index (χ4v) is 4.68. The molecule has 0 saturated carbocycles. The van der Waals surface area contributed by atoms with Gasteiger partial charge in [0.15, 0.2) is 5.82 Å². The van der Waals surface area contributed by atoms with Crippen LogP contribution in [0.4, 0.5) is 4.79 Å². The van der Waals surface area contributed by atoms with Gasteiger partial charge in [-0.3, -0.25) is 4.99 Å². The molecule has 2 aromatic rings. The first-order chi connectivity index (χ1) is 15.4. The zero-order valence-corrected chi connectivity index (χ0v) is 17.9. The molecule has 32 heavy (non-hydrogen) atoms. The highest BCUT2D eigenvalue weighted by Gasteiger charge is 2.29. The number of hydrogen-bond donors (Lipinski definition) is 2. The third kappa shape index (κ3) is 4.28. The summed E-state index contributed by atoms with van der Waals surface area (Å²) in [7, 11) is 0. The predicted molar refractivity (Wildman–Crippen MR) is 113 cm³/mol. The first-order valence-electron chi connectivity index (χ1n) is 9.86. The monoisotopic (exact) mass is 460 g/mol. The number of fused-ring (bicyclic) bond motifs is 3. The topological polar surface area (TPSA) is 160 Å². The molecule has 0 saturated heterocycles. The van der Waals surface area contributed by atoms with E-state index in [0.29, 0.717) is 37.7 Å². The van der Waals surface area contributed by atoms with E-state index >= 15 is 0 Å². The van der Waals surface area contributed by atoms with Gasteiger partial charge < -0.3 is 19.8 Å². The molecule has 0 bridgehead atoms. The van der Waals surface area contributed by atoms with Crippen molar-refractivity contribution >= 4 is 41.3 Å². The van der Waals surface area contributed by atoms with Gasteiger partial charge in [0.1, 0.15) is 5.71 Å². The molecular formula is C19H20N6O6S. The number of amides is 1. The van der Waals surface area contributed by atoms with Gasteiger partial charge in [-0.05, 0) is 6.92 Å². The largest absolute Gasteiger partial charge is 0.478 e. The van der Waals surface area contributed by atoms with Crippen molar-refractivity contribution in [2.45, 2.75) is 31.6 Å². The number of carboxylic acid groups (broad SMARTS) is 2. The normalized spacial score (nSPS) is 18.4. The molecule has 2 aromatic heterocycles. The molecular weight excluding hydrogens is 440 g/mol. The lowest BCUT2D eigenvalue weighted by Crippen LogP contribution is -2.37. The number of carbonyl (C=O) groups excluding carboxylic acids is 1. The summed E-state index contributed by atoms with van der Waals surface area (Å²) in [5.74, 6) is -1.51. The molecule has 4 heterocycles. The molecule has 0 aliphatic carbocycles. The van der Waals surface area contributed by atoms with E-state index in [2.05, 4.69) is 20.1 Å². The minimum atomic E-state index is -1.18. The van der Waals surface area contributed by atoms with Gasteiger partial charge in [-0.1, -0.05) is 0 Å². The van der Waals surface area contributed by atoms with E-state index in [1.54, 1.807) is 22.5 Å². The Labute approximate surface area is 186 Å².